The van der Waals surface area contributed by atoms with Crippen LogP contribution in [0, 0.1) is 13.8 Å². The number of benzene rings is 1. The lowest BCUT2D eigenvalue weighted by Gasteiger charge is -2.11. The quantitative estimate of drug-likeness (QED) is 0.864. The average molecular weight is 308 g/mol. The first-order chi connectivity index (χ1) is 9.71. The van der Waals surface area contributed by atoms with Gasteiger partial charge in [-0.15, -0.1) is 0 Å². The van der Waals surface area contributed by atoms with E-state index >= 15 is 0 Å². The van der Waals surface area contributed by atoms with Crippen molar-refractivity contribution < 1.29 is 8.42 Å². The van der Waals surface area contributed by atoms with Gasteiger partial charge in [0.2, 0.25) is 0 Å². The van der Waals surface area contributed by atoms with Crippen molar-refractivity contribution in [2.24, 2.45) is 0 Å². The Morgan fingerprint density at radius 3 is 2.57 bits per heavy atom. The molecule has 114 valence electrons. The highest BCUT2D eigenvalue weighted by Crippen LogP contribution is 2.21. The maximum atomic E-state index is 12.0. The van der Waals surface area contributed by atoms with Gasteiger partial charge in [0.1, 0.15) is 6.33 Å². The minimum absolute atomic E-state index is 0.549. The summed E-state index contributed by atoms with van der Waals surface area (Å²) in [7, 11) is -0.539. The number of hydrogen-bond acceptors (Lipinski definition) is 4. The van der Waals surface area contributed by atoms with Crippen LogP contribution in [-0.2, 0) is 16.6 Å². The molecule has 1 heterocycles. The fourth-order valence-electron chi connectivity index (χ4n) is 2.09. The first-order valence-electron chi connectivity index (χ1n) is 6.53. The molecule has 0 saturated carbocycles. The van der Waals surface area contributed by atoms with Gasteiger partial charge in [-0.3, -0.25) is 0 Å². The molecular weight excluding hydrogens is 288 g/mol. The lowest BCUT2D eigenvalue weighted by molar-refractivity contribution is 0.510. The van der Waals surface area contributed by atoms with E-state index in [2.05, 4.69) is 4.98 Å². The van der Waals surface area contributed by atoms with Crippen LogP contribution in [0.15, 0.2) is 24.7 Å². The number of nitrogens with two attached hydrogens (primary N) is 1. The molecule has 21 heavy (non-hydrogen) atoms. The Balaban J connectivity index is 2.33. The van der Waals surface area contributed by atoms with Gasteiger partial charge in [-0.1, -0.05) is 6.07 Å². The van der Waals surface area contributed by atoms with Crippen molar-refractivity contribution in [1.29, 1.82) is 0 Å². The Kier molecular flexibility index (Phi) is 4.06. The van der Waals surface area contributed by atoms with Gasteiger partial charge in [0.15, 0.2) is 0 Å². The van der Waals surface area contributed by atoms with Crippen LogP contribution in [0.2, 0.25) is 0 Å². The van der Waals surface area contributed by atoms with Crippen LogP contribution < -0.4 is 5.73 Å². The van der Waals surface area contributed by atoms with Crippen molar-refractivity contribution in [3.8, 4) is 0 Å². The first-order valence-corrected chi connectivity index (χ1v) is 7.93. The number of imidazole rings is 1. The van der Waals surface area contributed by atoms with Crippen LogP contribution in [0.25, 0.3) is 0 Å². The maximum absolute atomic E-state index is 12.0. The molecule has 2 N–H and O–H groups in total. The molecule has 2 rings (SSSR count). The Bertz CT molecular complexity index is 763. The lowest BCUT2D eigenvalue weighted by Crippen LogP contribution is -2.27. The summed E-state index contributed by atoms with van der Waals surface area (Å²) in [6, 6.07) is 3.97. The zero-order chi connectivity index (χ0) is 15.8. The predicted octanol–water partition coefficient (Wildman–Crippen LogP) is 1.33. The fraction of sp³-hybridized carbons (Fsp3) is 0.357. The lowest BCUT2D eigenvalue weighted by atomic mass is 10.00. The number of nitrogen functional groups attached to an aromatic ring is 1. The van der Waals surface area contributed by atoms with Gasteiger partial charge in [0, 0.05) is 32.4 Å². The van der Waals surface area contributed by atoms with Gasteiger partial charge in [0.25, 0.3) is 0 Å². The molecule has 0 aliphatic heterocycles. The van der Waals surface area contributed by atoms with Gasteiger partial charge >= 0.3 is 10.2 Å². The predicted molar refractivity (Wildman–Crippen MR) is 83.4 cm³/mol. The van der Waals surface area contributed by atoms with Crippen molar-refractivity contribution in [3.05, 3.63) is 47.0 Å². The Hall–Kier alpha value is -1.86. The number of rotatable bonds is 4. The van der Waals surface area contributed by atoms with E-state index in [0.29, 0.717) is 12.1 Å². The second kappa shape index (κ2) is 5.50. The van der Waals surface area contributed by atoms with E-state index in [0.717, 1.165) is 30.7 Å². The molecule has 0 bridgehead atoms. The summed E-state index contributed by atoms with van der Waals surface area (Å²) in [5.74, 6) is 0. The molecule has 0 aliphatic rings. The highest BCUT2D eigenvalue weighted by molar-refractivity contribution is 7.87. The van der Waals surface area contributed by atoms with Crippen LogP contribution in [0.4, 0.5) is 5.69 Å². The molecule has 0 saturated heterocycles. The fourth-order valence-corrected chi connectivity index (χ4v) is 2.89. The SMILES string of the molecule is Cc1cc(N)c(C)c(Cc2cn(S(=O)(=O)N(C)C)cn2)c1. The highest BCUT2D eigenvalue weighted by Gasteiger charge is 2.17. The molecule has 0 radical (unpaired) electrons. The normalized spacial score (nSPS) is 12.0. The number of nitrogens with zero attached hydrogens (tertiary/aromatic N) is 3. The van der Waals surface area contributed by atoms with E-state index < -0.39 is 10.2 Å². The van der Waals surface area contributed by atoms with Crippen LogP contribution >= 0.6 is 0 Å². The van der Waals surface area contributed by atoms with Gasteiger partial charge in [0.05, 0.1) is 5.69 Å². The third-order valence-corrected chi connectivity index (χ3v) is 5.07. The molecule has 1 aromatic heterocycles. The number of hydrogen-bond donors (Lipinski definition) is 1. The first kappa shape index (κ1) is 15.5. The molecule has 0 amide bonds. The Morgan fingerprint density at radius 1 is 1.29 bits per heavy atom. The summed E-state index contributed by atoms with van der Waals surface area (Å²) in [5.41, 5.74) is 10.5. The molecule has 7 heteroatoms. The van der Waals surface area contributed by atoms with Crippen molar-refractivity contribution in [1.82, 2.24) is 13.3 Å². The van der Waals surface area contributed by atoms with Crippen molar-refractivity contribution in [2.75, 3.05) is 19.8 Å². The number of aromatic nitrogens is 2. The molecule has 0 fully saturated rings. The van der Waals surface area contributed by atoms with Crippen LogP contribution in [0.1, 0.15) is 22.4 Å². The molecule has 0 atom stereocenters. The number of anilines is 1. The molecule has 2 aromatic rings. The standard InChI is InChI=1S/C14H20N4O2S/c1-10-5-12(11(2)14(15)6-10)7-13-8-18(9-16-13)21(19,20)17(3)4/h5-6,8-9H,7,15H2,1-4H3. The topological polar surface area (TPSA) is 81.2 Å². The van der Waals surface area contributed by atoms with E-state index in [1.807, 2.05) is 26.0 Å². The second-order valence-electron chi connectivity index (χ2n) is 5.30. The molecule has 1 aromatic carbocycles. The van der Waals surface area contributed by atoms with E-state index in [-0.39, 0.29) is 0 Å². The van der Waals surface area contributed by atoms with Crippen LogP contribution in [-0.4, -0.2) is 35.8 Å². The largest absolute Gasteiger partial charge is 0.398 e. The zero-order valence-corrected chi connectivity index (χ0v) is 13.5. The summed E-state index contributed by atoms with van der Waals surface area (Å²) in [6.45, 7) is 3.94. The highest BCUT2D eigenvalue weighted by atomic mass is 32.2. The van der Waals surface area contributed by atoms with E-state index in [1.54, 1.807) is 0 Å². The van der Waals surface area contributed by atoms with E-state index in [1.165, 1.54) is 26.6 Å². The minimum atomic E-state index is -3.51. The smallest absolute Gasteiger partial charge is 0.308 e. The molecule has 0 aliphatic carbocycles. The van der Waals surface area contributed by atoms with Crippen molar-refractivity contribution in [3.63, 3.8) is 0 Å². The summed E-state index contributed by atoms with van der Waals surface area (Å²) < 4.78 is 26.3. The second-order valence-corrected chi connectivity index (χ2v) is 7.35. The van der Waals surface area contributed by atoms with Gasteiger partial charge in [-0.05, 0) is 36.6 Å². The zero-order valence-electron chi connectivity index (χ0n) is 12.7. The van der Waals surface area contributed by atoms with Crippen molar-refractivity contribution >= 4 is 15.9 Å². The van der Waals surface area contributed by atoms with E-state index in [4.69, 9.17) is 5.73 Å². The van der Waals surface area contributed by atoms with Crippen molar-refractivity contribution in [2.45, 2.75) is 20.3 Å². The Morgan fingerprint density at radius 2 is 1.95 bits per heavy atom. The summed E-state index contributed by atoms with van der Waals surface area (Å²) >= 11 is 0. The molecule has 6 nitrogen and oxygen atoms in total. The molecule has 0 unspecified atom stereocenters. The Labute approximate surface area is 125 Å². The van der Waals surface area contributed by atoms with Gasteiger partial charge < -0.3 is 5.73 Å². The van der Waals surface area contributed by atoms with Gasteiger partial charge in [-0.2, -0.15) is 12.7 Å². The summed E-state index contributed by atoms with van der Waals surface area (Å²) in [4.78, 5) is 4.18. The number of aryl methyl sites for hydroxylation is 1. The summed E-state index contributed by atoms with van der Waals surface area (Å²) in [6.07, 6.45) is 3.40. The third kappa shape index (κ3) is 3.08. The average Bonchev–Trinajstić information content (AvgIpc) is 2.84. The summed E-state index contributed by atoms with van der Waals surface area (Å²) in [5, 5.41) is 0. The van der Waals surface area contributed by atoms with E-state index in [9.17, 15) is 8.42 Å². The van der Waals surface area contributed by atoms with Crippen LogP contribution in [0.5, 0.6) is 0 Å². The maximum Gasteiger partial charge on any atom is 0.308 e. The van der Waals surface area contributed by atoms with Crippen LogP contribution in [0.3, 0.4) is 0 Å². The molecular formula is C14H20N4O2S. The third-order valence-electron chi connectivity index (χ3n) is 3.41. The molecule has 0 spiro atoms. The van der Waals surface area contributed by atoms with Gasteiger partial charge in [-0.25, -0.2) is 8.96 Å². The monoisotopic (exact) mass is 308 g/mol. The minimum Gasteiger partial charge on any atom is -0.398 e.